The van der Waals surface area contributed by atoms with Gasteiger partial charge in [0, 0.05) is 5.69 Å². The van der Waals surface area contributed by atoms with Crippen molar-refractivity contribution in [2.75, 3.05) is 17.3 Å². The minimum Gasteiger partial charge on any atom is -0.411 e. The lowest BCUT2D eigenvalue weighted by Gasteiger charge is -2.05. The molecule has 0 unspecified atom stereocenters. The average Bonchev–Trinajstić information content (AvgIpc) is 2.29. The van der Waals surface area contributed by atoms with Crippen molar-refractivity contribution in [1.82, 2.24) is 0 Å². The molecule has 0 saturated carbocycles. The van der Waals surface area contributed by atoms with Gasteiger partial charge in [0.2, 0.25) is 5.91 Å². The number of thioether (sulfide) groups is 1. The third-order valence-electron chi connectivity index (χ3n) is 2.01. The quantitative estimate of drug-likeness (QED) is 0.480. The molecule has 1 aromatic rings. The molecule has 0 spiro atoms. The molecular weight excluding hydrogens is 224 g/mol. The van der Waals surface area contributed by atoms with Crippen LogP contribution in [0.3, 0.4) is 0 Å². The van der Waals surface area contributed by atoms with Gasteiger partial charge in [-0.2, -0.15) is 11.8 Å². The number of nitrogens with one attached hydrogen (secondary N) is 1. The lowest BCUT2D eigenvalue weighted by molar-refractivity contribution is -0.113. The van der Waals surface area contributed by atoms with Crippen molar-refractivity contribution in [3.8, 4) is 0 Å². The fourth-order valence-electron chi connectivity index (χ4n) is 1.18. The van der Waals surface area contributed by atoms with Crippen LogP contribution in [0.5, 0.6) is 0 Å². The summed E-state index contributed by atoms with van der Waals surface area (Å²) >= 11 is 1.48. The Labute approximate surface area is 98.7 Å². The molecule has 1 rings (SSSR count). The van der Waals surface area contributed by atoms with E-state index in [-0.39, 0.29) is 5.91 Å². The van der Waals surface area contributed by atoms with E-state index in [2.05, 4.69) is 10.5 Å². The van der Waals surface area contributed by atoms with Gasteiger partial charge < -0.3 is 10.5 Å². The van der Waals surface area contributed by atoms with E-state index in [1.807, 2.05) is 6.26 Å². The van der Waals surface area contributed by atoms with Crippen molar-refractivity contribution in [1.29, 1.82) is 0 Å². The Hall–Kier alpha value is -1.49. The molecule has 0 aliphatic rings. The van der Waals surface area contributed by atoms with Gasteiger partial charge >= 0.3 is 0 Å². The molecule has 0 aliphatic heterocycles. The van der Waals surface area contributed by atoms with E-state index in [0.29, 0.717) is 11.5 Å². The van der Waals surface area contributed by atoms with Gasteiger partial charge in [0.05, 0.1) is 11.5 Å². The summed E-state index contributed by atoms with van der Waals surface area (Å²) in [6.07, 6.45) is 1.88. The Morgan fingerprint density at radius 2 is 2.06 bits per heavy atom. The Morgan fingerprint density at radius 3 is 2.56 bits per heavy atom. The summed E-state index contributed by atoms with van der Waals surface area (Å²) in [6, 6.07) is 7.15. The summed E-state index contributed by atoms with van der Waals surface area (Å²) in [5, 5.41) is 14.5. The first-order chi connectivity index (χ1) is 7.67. The molecule has 5 heteroatoms. The van der Waals surface area contributed by atoms with E-state index in [1.54, 1.807) is 31.2 Å². The normalized spacial score (nSPS) is 11.2. The first kappa shape index (κ1) is 12.6. The first-order valence-electron chi connectivity index (χ1n) is 4.75. The zero-order chi connectivity index (χ0) is 12.0. The highest BCUT2D eigenvalue weighted by molar-refractivity contribution is 7.99. The maximum atomic E-state index is 11.3. The average molecular weight is 238 g/mol. The van der Waals surface area contributed by atoms with Gasteiger partial charge in [-0.3, -0.25) is 4.79 Å². The summed E-state index contributed by atoms with van der Waals surface area (Å²) < 4.78 is 0. The molecule has 86 valence electrons. The van der Waals surface area contributed by atoms with E-state index in [9.17, 15) is 4.79 Å². The predicted molar refractivity (Wildman–Crippen MR) is 67.5 cm³/mol. The predicted octanol–water partition coefficient (Wildman–Crippen LogP) is 2.19. The van der Waals surface area contributed by atoms with Crippen LogP contribution < -0.4 is 5.32 Å². The molecule has 16 heavy (non-hydrogen) atoms. The summed E-state index contributed by atoms with van der Waals surface area (Å²) in [4.78, 5) is 11.3. The fourth-order valence-corrected chi connectivity index (χ4v) is 1.52. The number of hydrogen-bond acceptors (Lipinski definition) is 4. The Kier molecular flexibility index (Phi) is 4.85. The number of carbonyl (C=O) groups excluding carboxylic acids is 1. The Bertz CT molecular complexity index is 387. The number of carbonyl (C=O) groups is 1. The SMILES string of the molecule is CSCC(=O)Nc1ccc(C(C)=NO)cc1. The number of nitrogens with zero attached hydrogens (tertiary/aromatic N) is 1. The van der Waals surface area contributed by atoms with E-state index in [0.717, 1.165) is 11.3 Å². The largest absolute Gasteiger partial charge is 0.411 e. The molecule has 0 aromatic heterocycles. The zero-order valence-corrected chi connectivity index (χ0v) is 10.0. The number of amides is 1. The van der Waals surface area contributed by atoms with Crippen LogP contribution in [0, 0.1) is 0 Å². The highest BCUT2D eigenvalue weighted by Crippen LogP contribution is 2.10. The van der Waals surface area contributed by atoms with Crippen LogP contribution in [-0.4, -0.2) is 28.8 Å². The molecule has 1 aromatic carbocycles. The Balaban J connectivity index is 2.68. The van der Waals surface area contributed by atoms with Gasteiger partial charge in [-0.25, -0.2) is 0 Å². The van der Waals surface area contributed by atoms with Crippen LogP contribution in [0.25, 0.3) is 0 Å². The number of hydrogen-bond donors (Lipinski definition) is 2. The monoisotopic (exact) mass is 238 g/mol. The van der Waals surface area contributed by atoms with Crippen molar-refractivity contribution in [2.45, 2.75) is 6.92 Å². The van der Waals surface area contributed by atoms with Crippen molar-refractivity contribution < 1.29 is 10.0 Å². The molecule has 0 aliphatic carbocycles. The summed E-state index contributed by atoms with van der Waals surface area (Å²) in [6.45, 7) is 1.71. The van der Waals surface area contributed by atoms with Gasteiger partial charge in [0.15, 0.2) is 0 Å². The second-order valence-electron chi connectivity index (χ2n) is 3.24. The maximum Gasteiger partial charge on any atom is 0.234 e. The summed E-state index contributed by atoms with van der Waals surface area (Å²) in [5.41, 5.74) is 2.11. The molecule has 2 N–H and O–H groups in total. The van der Waals surface area contributed by atoms with Gasteiger partial charge in [-0.1, -0.05) is 17.3 Å². The van der Waals surface area contributed by atoms with Gasteiger partial charge in [-0.05, 0) is 30.9 Å². The zero-order valence-electron chi connectivity index (χ0n) is 9.23. The second kappa shape index (κ2) is 6.17. The van der Waals surface area contributed by atoms with E-state index >= 15 is 0 Å². The standard InChI is InChI=1S/C11H14N2O2S/c1-8(13-15)9-3-5-10(6-4-9)12-11(14)7-16-2/h3-6,15H,7H2,1-2H3,(H,12,14). The smallest absolute Gasteiger partial charge is 0.234 e. The van der Waals surface area contributed by atoms with Crippen molar-refractivity contribution >= 4 is 29.1 Å². The van der Waals surface area contributed by atoms with Crippen LogP contribution in [0.4, 0.5) is 5.69 Å². The molecule has 0 atom stereocenters. The van der Waals surface area contributed by atoms with Crippen molar-refractivity contribution in [3.63, 3.8) is 0 Å². The molecule has 0 saturated heterocycles. The highest BCUT2D eigenvalue weighted by atomic mass is 32.2. The number of oxime groups is 1. The minimum atomic E-state index is -0.0206. The molecule has 4 nitrogen and oxygen atoms in total. The fraction of sp³-hybridized carbons (Fsp3) is 0.273. The Morgan fingerprint density at radius 1 is 1.44 bits per heavy atom. The molecule has 0 heterocycles. The molecular formula is C11H14N2O2S. The van der Waals surface area contributed by atoms with Gasteiger partial charge in [0.1, 0.15) is 0 Å². The lowest BCUT2D eigenvalue weighted by Crippen LogP contribution is -2.13. The summed E-state index contributed by atoms with van der Waals surface area (Å²) in [7, 11) is 0. The van der Waals surface area contributed by atoms with Crippen LogP contribution in [0.1, 0.15) is 12.5 Å². The summed E-state index contributed by atoms with van der Waals surface area (Å²) in [5.74, 6) is 0.423. The van der Waals surface area contributed by atoms with E-state index < -0.39 is 0 Å². The lowest BCUT2D eigenvalue weighted by atomic mass is 10.1. The maximum absolute atomic E-state index is 11.3. The molecule has 0 fully saturated rings. The number of benzene rings is 1. The van der Waals surface area contributed by atoms with Crippen LogP contribution in [-0.2, 0) is 4.79 Å². The first-order valence-corrected chi connectivity index (χ1v) is 6.14. The van der Waals surface area contributed by atoms with E-state index in [1.165, 1.54) is 11.8 Å². The van der Waals surface area contributed by atoms with Gasteiger partial charge in [0.25, 0.3) is 0 Å². The van der Waals surface area contributed by atoms with Gasteiger partial charge in [-0.15, -0.1) is 0 Å². The van der Waals surface area contributed by atoms with Crippen LogP contribution in [0.2, 0.25) is 0 Å². The van der Waals surface area contributed by atoms with Crippen LogP contribution in [0.15, 0.2) is 29.4 Å². The molecule has 0 radical (unpaired) electrons. The van der Waals surface area contributed by atoms with Crippen molar-refractivity contribution in [2.24, 2.45) is 5.16 Å². The number of rotatable bonds is 4. The topological polar surface area (TPSA) is 61.7 Å². The van der Waals surface area contributed by atoms with Crippen molar-refractivity contribution in [3.05, 3.63) is 29.8 Å². The third kappa shape index (κ3) is 3.58. The third-order valence-corrected chi connectivity index (χ3v) is 2.56. The van der Waals surface area contributed by atoms with Crippen LogP contribution >= 0.6 is 11.8 Å². The second-order valence-corrected chi connectivity index (χ2v) is 4.11. The molecule has 1 amide bonds. The number of anilines is 1. The van der Waals surface area contributed by atoms with E-state index in [4.69, 9.17) is 5.21 Å². The minimum absolute atomic E-state index is 0.0206. The molecule has 0 bridgehead atoms. The highest BCUT2D eigenvalue weighted by Gasteiger charge is 2.02.